The van der Waals surface area contributed by atoms with E-state index < -0.39 is 89.3 Å². The number of hydrogen-bond acceptors (Lipinski definition) is 11. The molecule has 1 aromatic rings. The third-order valence-electron chi connectivity index (χ3n) is 8.15. The number of carbonyl (C=O) groups excluding carboxylic acids is 8. The van der Waals surface area contributed by atoms with Gasteiger partial charge in [0.2, 0.25) is 29.5 Å². The number of nitrogens with two attached hydrogens (primary N) is 1. The molecule has 57 heavy (non-hydrogen) atoms. The third kappa shape index (κ3) is 20.9. The van der Waals surface area contributed by atoms with Crippen LogP contribution in [0.2, 0.25) is 0 Å². The van der Waals surface area contributed by atoms with Crippen molar-refractivity contribution in [3.63, 3.8) is 0 Å². The van der Waals surface area contributed by atoms with Gasteiger partial charge in [0.05, 0.1) is 13.7 Å². The number of ether oxygens (including phenoxy) is 3. The molecule has 0 aliphatic carbocycles. The van der Waals surface area contributed by atoms with E-state index in [-0.39, 0.29) is 51.0 Å². The van der Waals surface area contributed by atoms with E-state index in [0.29, 0.717) is 5.56 Å². The van der Waals surface area contributed by atoms with Crippen LogP contribution in [0.15, 0.2) is 42.5 Å². The molecule has 17 heteroatoms. The molecule has 0 spiro atoms. The molecule has 0 fully saturated rings. The smallest absolute Gasteiger partial charge is 0.408 e. The highest BCUT2D eigenvalue weighted by Crippen LogP contribution is 2.13. The Morgan fingerprint density at radius 1 is 0.754 bits per heavy atom. The van der Waals surface area contributed by atoms with Crippen molar-refractivity contribution in [2.24, 2.45) is 17.6 Å². The van der Waals surface area contributed by atoms with Gasteiger partial charge >= 0.3 is 18.0 Å². The van der Waals surface area contributed by atoms with E-state index in [2.05, 4.69) is 31.3 Å². The van der Waals surface area contributed by atoms with Crippen molar-refractivity contribution in [1.29, 1.82) is 0 Å². The predicted molar refractivity (Wildman–Crippen MR) is 211 cm³/mol. The van der Waals surface area contributed by atoms with Gasteiger partial charge in [-0.2, -0.15) is 0 Å². The lowest BCUT2D eigenvalue weighted by molar-refractivity contribution is -0.143. The van der Waals surface area contributed by atoms with Gasteiger partial charge in [-0.15, -0.1) is 0 Å². The quantitative estimate of drug-likeness (QED) is 0.0531. The van der Waals surface area contributed by atoms with Gasteiger partial charge in [0.25, 0.3) is 0 Å². The van der Waals surface area contributed by atoms with Crippen molar-refractivity contribution >= 4 is 47.6 Å². The highest BCUT2D eigenvalue weighted by molar-refractivity contribution is 5.95. The first-order valence-electron chi connectivity index (χ1n) is 19.1. The van der Waals surface area contributed by atoms with Crippen LogP contribution in [0.25, 0.3) is 0 Å². The van der Waals surface area contributed by atoms with Gasteiger partial charge in [-0.3, -0.25) is 28.8 Å². The van der Waals surface area contributed by atoms with Crippen molar-refractivity contribution in [2.45, 2.75) is 130 Å². The summed E-state index contributed by atoms with van der Waals surface area (Å²) in [6, 6.07) is 3.25. The van der Waals surface area contributed by atoms with Crippen molar-refractivity contribution in [1.82, 2.24) is 26.6 Å². The molecule has 0 bridgehead atoms. The normalized spacial score (nSPS) is 14.0. The molecular weight excluding hydrogens is 740 g/mol. The third-order valence-corrected chi connectivity index (χ3v) is 8.15. The summed E-state index contributed by atoms with van der Waals surface area (Å²) in [5.41, 5.74) is 5.16. The van der Waals surface area contributed by atoms with Gasteiger partial charge in [-0.05, 0) is 64.4 Å². The molecule has 5 atom stereocenters. The van der Waals surface area contributed by atoms with E-state index in [1.165, 1.54) is 13.2 Å². The van der Waals surface area contributed by atoms with Crippen molar-refractivity contribution < 1.29 is 52.6 Å². The summed E-state index contributed by atoms with van der Waals surface area (Å²) in [4.78, 5) is 103. The minimum absolute atomic E-state index is 0.0481. The summed E-state index contributed by atoms with van der Waals surface area (Å²) >= 11 is 0. The fourth-order valence-electron chi connectivity index (χ4n) is 5.36. The number of rotatable bonds is 23. The maximum absolute atomic E-state index is 14.0. The topological polar surface area (TPSA) is 250 Å². The zero-order valence-corrected chi connectivity index (χ0v) is 34.6. The number of methoxy groups -OCH3 is 1. The highest BCUT2D eigenvalue weighted by atomic mass is 16.6. The maximum Gasteiger partial charge on any atom is 0.408 e. The second-order valence-corrected chi connectivity index (χ2v) is 15.2. The summed E-state index contributed by atoms with van der Waals surface area (Å²) in [6.45, 7) is 13.7. The minimum Gasteiger partial charge on any atom is -0.466 e. The Hall–Kier alpha value is -5.48. The zero-order valence-electron chi connectivity index (χ0n) is 34.6. The van der Waals surface area contributed by atoms with E-state index in [0.717, 1.165) is 6.08 Å². The van der Waals surface area contributed by atoms with Gasteiger partial charge in [-0.1, -0.05) is 64.1 Å². The first-order valence-corrected chi connectivity index (χ1v) is 19.1. The average Bonchev–Trinajstić information content (AvgIpc) is 3.11. The van der Waals surface area contributed by atoms with Crippen LogP contribution in [-0.2, 0) is 54.2 Å². The number of alkyl carbamates (subject to hydrolysis) is 1. The van der Waals surface area contributed by atoms with Gasteiger partial charge in [-0.25, -0.2) is 9.59 Å². The molecule has 318 valence electrons. The Bertz CT molecular complexity index is 1540. The molecule has 17 nitrogen and oxygen atoms in total. The van der Waals surface area contributed by atoms with Crippen LogP contribution < -0.4 is 32.3 Å². The van der Waals surface area contributed by atoms with Crippen LogP contribution in [0, 0.1) is 11.8 Å². The molecule has 0 unspecified atom stereocenters. The number of hydrogen-bond donors (Lipinski definition) is 6. The van der Waals surface area contributed by atoms with Crippen LogP contribution in [0.1, 0.15) is 93.1 Å². The first kappa shape index (κ1) is 49.5. The molecule has 0 aliphatic heterocycles. The molecule has 0 aromatic heterocycles. The van der Waals surface area contributed by atoms with Crippen molar-refractivity contribution in [3.05, 3.63) is 48.0 Å². The average molecular weight is 803 g/mol. The Balaban J connectivity index is 3.37. The van der Waals surface area contributed by atoms with Crippen molar-refractivity contribution in [2.75, 3.05) is 13.7 Å². The highest BCUT2D eigenvalue weighted by Gasteiger charge is 2.34. The molecule has 0 saturated heterocycles. The lowest BCUT2D eigenvalue weighted by Crippen LogP contribution is -2.60. The van der Waals surface area contributed by atoms with Gasteiger partial charge in [0, 0.05) is 31.4 Å². The molecule has 0 aliphatic rings. The van der Waals surface area contributed by atoms with E-state index in [1.54, 1.807) is 71.9 Å². The van der Waals surface area contributed by atoms with Gasteiger partial charge < -0.3 is 46.5 Å². The van der Waals surface area contributed by atoms with E-state index >= 15 is 0 Å². The summed E-state index contributed by atoms with van der Waals surface area (Å²) < 4.78 is 14.9. The Labute approximate surface area is 335 Å². The molecule has 1 rings (SSSR count). The summed E-state index contributed by atoms with van der Waals surface area (Å²) in [7, 11) is 1.19. The van der Waals surface area contributed by atoms with Crippen LogP contribution >= 0.6 is 0 Å². The fraction of sp³-hybridized carbons (Fsp3) is 0.600. The largest absolute Gasteiger partial charge is 0.466 e. The van der Waals surface area contributed by atoms with Crippen molar-refractivity contribution in [3.8, 4) is 0 Å². The molecule has 7 N–H and O–H groups in total. The molecule has 0 radical (unpaired) electrons. The van der Waals surface area contributed by atoms with Crippen LogP contribution in [0.4, 0.5) is 4.79 Å². The predicted octanol–water partition coefficient (Wildman–Crippen LogP) is 2.10. The SMILES string of the molecule is CCOC(=O)CC[C@H](NC(=O)OC(C)(C)C)C(=O)N[C@H](C(=O)N[C@@H](CC(C)C)C(=O)N[C@@H](Cc1ccccc1)C(=O)N[C@H](/C=C/C(=O)OC)CCC(N)=O)C(C)C. The van der Waals surface area contributed by atoms with Gasteiger partial charge in [0.1, 0.15) is 29.8 Å². The number of carbonyl (C=O) groups is 8. The molecular formula is C40H62N6O11. The molecule has 0 heterocycles. The van der Waals surface area contributed by atoms with E-state index in [1.807, 2.05) is 13.8 Å². The second-order valence-electron chi connectivity index (χ2n) is 15.2. The number of benzene rings is 1. The summed E-state index contributed by atoms with van der Waals surface area (Å²) in [6.07, 6.45) is 1.36. The Kier molecular flexibility index (Phi) is 21.7. The number of amides is 6. The first-order chi connectivity index (χ1) is 26.6. The molecule has 0 saturated carbocycles. The van der Waals surface area contributed by atoms with Crippen LogP contribution in [0.5, 0.6) is 0 Å². The Morgan fingerprint density at radius 3 is 1.89 bits per heavy atom. The number of primary amides is 1. The van der Waals surface area contributed by atoms with E-state index in [9.17, 15) is 38.4 Å². The number of esters is 2. The number of nitrogens with one attached hydrogen (secondary N) is 5. The molecule has 1 aromatic carbocycles. The lowest BCUT2D eigenvalue weighted by Gasteiger charge is -2.29. The fourth-order valence-corrected chi connectivity index (χ4v) is 5.36. The van der Waals surface area contributed by atoms with Crippen LogP contribution in [0.3, 0.4) is 0 Å². The second kappa shape index (κ2) is 24.9. The zero-order chi connectivity index (χ0) is 43.3. The minimum atomic E-state index is -1.28. The Morgan fingerprint density at radius 2 is 1.35 bits per heavy atom. The van der Waals surface area contributed by atoms with Gasteiger partial charge in [0.15, 0.2) is 0 Å². The standard InChI is InChI=1S/C40H62N6O11/c1-10-56-33(49)21-18-28(45-39(54)57-40(6,7)8)35(50)46-34(25(4)5)38(53)44-29(22-24(2)3)37(52)43-30(23-26-14-12-11-13-15-26)36(51)42-27(16-19-31(41)47)17-20-32(48)55-9/h11-15,17,20,24-25,27-30,34H,10,16,18-19,21-23H2,1-9H3,(H2,41,47)(H,42,51)(H,43,52)(H,44,53)(H,45,54)(H,46,50)/b20-17+/t27-,28-,29-,30-,34-/m0/s1. The summed E-state index contributed by atoms with van der Waals surface area (Å²) in [5.74, 6) is -5.29. The summed E-state index contributed by atoms with van der Waals surface area (Å²) in [5, 5.41) is 13.4. The van der Waals surface area contributed by atoms with E-state index in [4.69, 9.17) is 15.2 Å². The van der Waals surface area contributed by atoms with Crippen LogP contribution in [-0.4, -0.2) is 97.1 Å². The molecule has 6 amide bonds. The lowest BCUT2D eigenvalue weighted by atomic mass is 9.98. The monoisotopic (exact) mass is 802 g/mol. The maximum atomic E-state index is 14.0.